The van der Waals surface area contributed by atoms with Gasteiger partial charge in [-0.25, -0.2) is 13.4 Å². The van der Waals surface area contributed by atoms with Gasteiger partial charge in [0.25, 0.3) is 10.0 Å². The van der Waals surface area contributed by atoms with E-state index in [1.165, 1.54) is 19.4 Å². The summed E-state index contributed by atoms with van der Waals surface area (Å²) in [5.41, 5.74) is 0.371. The van der Waals surface area contributed by atoms with Crippen LogP contribution in [0.4, 0.5) is 11.5 Å². The SMILES string of the molecule is CNc1ccc(NS(=O)(=O)c2cc(Br)ccc2OC)cn1. The number of aromatic nitrogens is 1. The molecule has 0 saturated heterocycles. The molecule has 0 amide bonds. The van der Waals surface area contributed by atoms with Crippen molar-refractivity contribution in [1.29, 1.82) is 0 Å². The highest BCUT2D eigenvalue weighted by atomic mass is 79.9. The molecule has 1 heterocycles. The van der Waals surface area contributed by atoms with Gasteiger partial charge in [0.1, 0.15) is 16.5 Å². The molecule has 0 aliphatic rings. The fraction of sp³-hybridized carbons (Fsp3) is 0.154. The lowest BCUT2D eigenvalue weighted by molar-refractivity contribution is 0.403. The molecule has 1 aromatic heterocycles. The highest BCUT2D eigenvalue weighted by Gasteiger charge is 2.20. The molecule has 2 aromatic rings. The summed E-state index contributed by atoms with van der Waals surface area (Å²) in [6.45, 7) is 0. The maximum absolute atomic E-state index is 12.4. The van der Waals surface area contributed by atoms with Gasteiger partial charge < -0.3 is 10.1 Å². The molecule has 8 heteroatoms. The predicted molar refractivity (Wildman–Crippen MR) is 85.3 cm³/mol. The van der Waals surface area contributed by atoms with Crippen molar-refractivity contribution >= 4 is 37.5 Å². The molecule has 21 heavy (non-hydrogen) atoms. The number of sulfonamides is 1. The zero-order chi connectivity index (χ0) is 15.5. The number of benzene rings is 1. The minimum atomic E-state index is -3.76. The maximum atomic E-state index is 12.4. The zero-order valence-corrected chi connectivity index (χ0v) is 13.8. The van der Waals surface area contributed by atoms with Crippen LogP contribution in [0.1, 0.15) is 0 Å². The van der Waals surface area contributed by atoms with Gasteiger partial charge in [0.2, 0.25) is 0 Å². The van der Waals surface area contributed by atoms with Gasteiger partial charge in [-0.05, 0) is 30.3 Å². The molecular formula is C13H14BrN3O3S. The summed E-state index contributed by atoms with van der Waals surface area (Å²) in [6.07, 6.45) is 1.44. The molecule has 6 nitrogen and oxygen atoms in total. The molecule has 0 aliphatic heterocycles. The molecule has 0 radical (unpaired) electrons. The Morgan fingerprint density at radius 1 is 1.24 bits per heavy atom. The van der Waals surface area contributed by atoms with E-state index in [4.69, 9.17) is 4.74 Å². The lowest BCUT2D eigenvalue weighted by Gasteiger charge is -2.12. The van der Waals surface area contributed by atoms with E-state index in [2.05, 4.69) is 31.0 Å². The second kappa shape index (κ2) is 6.31. The molecule has 0 aliphatic carbocycles. The fourth-order valence-corrected chi connectivity index (χ4v) is 3.42. The van der Waals surface area contributed by atoms with Gasteiger partial charge in [-0.3, -0.25) is 4.72 Å². The number of anilines is 2. The van der Waals surface area contributed by atoms with E-state index >= 15 is 0 Å². The van der Waals surface area contributed by atoms with Crippen LogP contribution in [0, 0.1) is 0 Å². The largest absolute Gasteiger partial charge is 0.495 e. The molecule has 0 fully saturated rings. The van der Waals surface area contributed by atoms with Gasteiger partial charge in [-0.15, -0.1) is 0 Å². The fourth-order valence-electron chi connectivity index (χ4n) is 1.67. The average Bonchev–Trinajstić information content (AvgIpc) is 2.47. The van der Waals surface area contributed by atoms with Gasteiger partial charge in [-0.2, -0.15) is 0 Å². The van der Waals surface area contributed by atoms with Crippen molar-refractivity contribution in [3.05, 3.63) is 41.0 Å². The molecule has 0 spiro atoms. The highest BCUT2D eigenvalue weighted by Crippen LogP contribution is 2.28. The third-order valence-corrected chi connectivity index (χ3v) is 4.58. The number of hydrogen-bond donors (Lipinski definition) is 2. The van der Waals surface area contributed by atoms with Gasteiger partial charge in [0, 0.05) is 11.5 Å². The summed E-state index contributed by atoms with van der Waals surface area (Å²) < 4.78 is 33.1. The van der Waals surface area contributed by atoms with Crippen LogP contribution < -0.4 is 14.8 Å². The summed E-state index contributed by atoms with van der Waals surface area (Å²) in [7, 11) is -0.607. The first-order chi connectivity index (χ1) is 9.96. The van der Waals surface area contributed by atoms with Crippen LogP contribution in [0.25, 0.3) is 0 Å². The monoisotopic (exact) mass is 371 g/mol. The molecule has 112 valence electrons. The molecule has 0 bridgehead atoms. The third kappa shape index (κ3) is 3.64. The molecular weight excluding hydrogens is 358 g/mol. The van der Waals surface area contributed by atoms with Crippen molar-refractivity contribution in [2.45, 2.75) is 4.90 Å². The zero-order valence-electron chi connectivity index (χ0n) is 11.4. The first-order valence-corrected chi connectivity index (χ1v) is 8.24. The molecule has 0 saturated carbocycles. The number of methoxy groups -OCH3 is 1. The van der Waals surface area contributed by atoms with Crippen molar-refractivity contribution in [2.24, 2.45) is 0 Å². The van der Waals surface area contributed by atoms with Crippen molar-refractivity contribution in [1.82, 2.24) is 4.98 Å². The second-order valence-electron chi connectivity index (χ2n) is 4.08. The molecule has 0 unspecified atom stereocenters. The standard InChI is InChI=1S/C13H14BrN3O3S/c1-15-13-6-4-10(8-16-13)17-21(18,19)12-7-9(14)3-5-11(12)20-2/h3-8,17H,1-2H3,(H,15,16). The smallest absolute Gasteiger partial charge is 0.265 e. The minimum absolute atomic E-state index is 0.0528. The van der Waals surface area contributed by atoms with Gasteiger partial charge in [0.15, 0.2) is 0 Å². The Morgan fingerprint density at radius 2 is 2.00 bits per heavy atom. The van der Waals surface area contributed by atoms with E-state index in [9.17, 15) is 8.42 Å². The Morgan fingerprint density at radius 3 is 2.57 bits per heavy atom. The maximum Gasteiger partial charge on any atom is 0.265 e. The molecule has 1 aromatic carbocycles. The van der Waals surface area contributed by atoms with Crippen LogP contribution in [-0.4, -0.2) is 27.6 Å². The number of rotatable bonds is 5. The van der Waals surface area contributed by atoms with Crippen LogP contribution in [0.2, 0.25) is 0 Å². The van der Waals surface area contributed by atoms with Crippen molar-refractivity contribution < 1.29 is 13.2 Å². The van der Waals surface area contributed by atoms with Crippen LogP contribution >= 0.6 is 15.9 Å². The van der Waals surface area contributed by atoms with Crippen molar-refractivity contribution in [2.75, 3.05) is 24.2 Å². The van der Waals surface area contributed by atoms with Crippen LogP contribution in [-0.2, 0) is 10.0 Å². The number of nitrogens with one attached hydrogen (secondary N) is 2. The van der Waals surface area contributed by atoms with Crippen molar-refractivity contribution in [3.63, 3.8) is 0 Å². The summed E-state index contributed by atoms with van der Waals surface area (Å²) >= 11 is 3.25. The first kappa shape index (κ1) is 15.6. The van der Waals surface area contributed by atoms with E-state index < -0.39 is 10.0 Å². The quantitative estimate of drug-likeness (QED) is 0.844. The lowest BCUT2D eigenvalue weighted by Crippen LogP contribution is -2.14. The molecule has 0 atom stereocenters. The number of ether oxygens (including phenoxy) is 1. The minimum Gasteiger partial charge on any atom is -0.495 e. The number of pyridine rings is 1. The van der Waals surface area contributed by atoms with E-state index in [1.54, 1.807) is 31.3 Å². The predicted octanol–water partition coefficient (Wildman–Crippen LogP) is 2.70. The van der Waals surface area contributed by atoms with Crippen LogP contribution in [0.5, 0.6) is 5.75 Å². The van der Waals surface area contributed by atoms with Crippen molar-refractivity contribution in [3.8, 4) is 5.75 Å². The topological polar surface area (TPSA) is 80.3 Å². The average molecular weight is 372 g/mol. The van der Waals surface area contributed by atoms with Gasteiger partial charge >= 0.3 is 0 Å². The normalized spacial score (nSPS) is 11.0. The summed E-state index contributed by atoms with van der Waals surface area (Å²) in [5, 5.41) is 2.86. The van der Waals surface area contributed by atoms with Crippen LogP contribution in [0.3, 0.4) is 0 Å². The Bertz CT molecular complexity index is 733. The molecule has 2 N–H and O–H groups in total. The van der Waals surface area contributed by atoms with E-state index in [-0.39, 0.29) is 10.6 Å². The first-order valence-electron chi connectivity index (χ1n) is 5.96. The van der Waals surface area contributed by atoms with E-state index in [0.29, 0.717) is 16.0 Å². The Labute approximate surface area is 131 Å². The van der Waals surface area contributed by atoms with E-state index in [0.717, 1.165) is 0 Å². The molecule has 2 rings (SSSR count). The number of nitrogens with zero attached hydrogens (tertiary/aromatic N) is 1. The van der Waals surface area contributed by atoms with Crippen LogP contribution in [0.15, 0.2) is 45.9 Å². The van der Waals surface area contributed by atoms with E-state index in [1.807, 2.05) is 0 Å². The number of hydrogen-bond acceptors (Lipinski definition) is 5. The second-order valence-corrected chi connectivity index (χ2v) is 6.65. The lowest BCUT2D eigenvalue weighted by atomic mass is 10.3. The Hall–Kier alpha value is -1.80. The van der Waals surface area contributed by atoms with Gasteiger partial charge in [0.05, 0.1) is 19.0 Å². The Balaban J connectivity index is 2.35. The summed E-state index contributed by atoms with van der Waals surface area (Å²) in [4.78, 5) is 4.11. The Kier molecular flexibility index (Phi) is 4.69. The summed E-state index contributed by atoms with van der Waals surface area (Å²) in [5.74, 6) is 0.920. The highest BCUT2D eigenvalue weighted by molar-refractivity contribution is 9.10. The van der Waals surface area contributed by atoms with Gasteiger partial charge in [-0.1, -0.05) is 15.9 Å². The number of halogens is 1. The summed E-state index contributed by atoms with van der Waals surface area (Å²) in [6, 6.07) is 8.08. The third-order valence-electron chi connectivity index (χ3n) is 2.69.